The lowest BCUT2D eigenvalue weighted by Crippen LogP contribution is -2.46. The Morgan fingerprint density at radius 2 is 2.29 bits per heavy atom. The standard InChI is InChI=1S/C14H25N5O2/c1-11(7-19-10-15-9-16-19)17-14(21)18(2)8-12-5-3-4-6-13(12)20/h9-13,20H,3-8H2,1-2H3,(H,17,21)/t11-,12+,13+/m1/s1. The quantitative estimate of drug-likeness (QED) is 0.844. The Kier molecular flexibility index (Phi) is 5.55. The molecule has 0 saturated heterocycles. The number of amides is 2. The average molecular weight is 295 g/mol. The Morgan fingerprint density at radius 1 is 1.52 bits per heavy atom. The number of carbonyl (C=O) groups excluding carboxylic acids is 1. The molecular formula is C14H25N5O2. The molecule has 3 atom stereocenters. The van der Waals surface area contributed by atoms with E-state index in [1.807, 2.05) is 6.92 Å². The molecular weight excluding hydrogens is 270 g/mol. The number of hydrogen-bond donors (Lipinski definition) is 2. The van der Waals surface area contributed by atoms with Crippen molar-refractivity contribution in [1.82, 2.24) is 25.0 Å². The molecule has 1 saturated carbocycles. The topological polar surface area (TPSA) is 83.3 Å². The predicted octanol–water partition coefficient (Wildman–Crippen LogP) is 0.859. The van der Waals surface area contributed by atoms with Gasteiger partial charge >= 0.3 is 6.03 Å². The fourth-order valence-electron chi connectivity index (χ4n) is 2.81. The molecule has 0 aromatic carbocycles. The van der Waals surface area contributed by atoms with Crippen LogP contribution in [0.1, 0.15) is 32.6 Å². The van der Waals surface area contributed by atoms with Crippen LogP contribution in [0.15, 0.2) is 12.7 Å². The largest absolute Gasteiger partial charge is 0.393 e. The van der Waals surface area contributed by atoms with E-state index in [-0.39, 0.29) is 24.1 Å². The summed E-state index contributed by atoms with van der Waals surface area (Å²) in [6, 6.07) is -0.140. The van der Waals surface area contributed by atoms with Crippen LogP contribution >= 0.6 is 0 Å². The van der Waals surface area contributed by atoms with Gasteiger partial charge in [0, 0.05) is 25.6 Å². The van der Waals surface area contributed by atoms with Gasteiger partial charge in [0.25, 0.3) is 0 Å². The normalized spacial score (nSPS) is 23.6. The van der Waals surface area contributed by atoms with Crippen LogP contribution in [-0.2, 0) is 6.54 Å². The lowest BCUT2D eigenvalue weighted by molar-refractivity contribution is 0.0563. The molecule has 1 fully saturated rings. The SMILES string of the molecule is C[C@H](Cn1cncn1)NC(=O)N(C)C[C@@H]1CCCC[C@@H]1O. The number of hydrogen-bond acceptors (Lipinski definition) is 4. The summed E-state index contributed by atoms with van der Waals surface area (Å²) in [4.78, 5) is 17.7. The second-order valence-electron chi connectivity index (χ2n) is 5.96. The Balaban J connectivity index is 1.76. The first kappa shape index (κ1) is 15.8. The van der Waals surface area contributed by atoms with E-state index < -0.39 is 0 Å². The monoisotopic (exact) mass is 295 g/mol. The number of urea groups is 1. The van der Waals surface area contributed by atoms with Crippen molar-refractivity contribution in [3.05, 3.63) is 12.7 Å². The van der Waals surface area contributed by atoms with Crippen LogP contribution in [0.4, 0.5) is 4.79 Å². The van der Waals surface area contributed by atoms with Gasteiger partial charge in [-0.2, -0.15) is 5.10 Å². The highest BCUT2D eigenvalue weighted by atomic mass is 16.3. The van der Waals surface area contributed by atoms with Crippen molar-refractivity contribution in [2.75, 3.05) is 13.6 Å². The van der Waals surface area contributed by atoms with Gasteiger partial charge in [-0.3, -0.25) is 4.68 Å². The lowest BCUT2D eigenvalue weighted by atomic mass is 9.86. The van der Waals surface area contributed by atoms with Crippen LogP contribution in [0.2, 0.25) is 0 Å². The lowest BCUT2D eigenvalue weighted by Gasteiger charge is -2.31. The molecule has 1 aliphatic rings. The molecule has 1 aliphatic carbocycles. The Labute approximate surface area is 125 Å². The summed E-state index contributed by atoms with van der Waals surface area (Å²) in [6.45, 7) is 3.12. The highest BCUT2D eigenvalue weighted by molar-refractivity contribution is 5.74. The number of carbonyl (C=O) groups is 1. The molecule has 1 heterocycles. The summed E-state index contributed by atoms with van der Waals surface area (Å²) in [5.74, 6) is 0.195. The van der Waals surface area contributed by atoms with Gasteiger partial charge < -0.3 is 15.3 Å². The summed E-state index contributed by atoms with van der Waals surface area (Å²) in [7, 11) is 1.78. The van der Waals surface area contributed by atoms with Crippen LogP contribution in [-0.4, -0.2) is 56.5 Å². The summed E-state index contributed by atoms with van der Waals surface area (Å²) in [6.07, 6.45) is 6.90. The van der Waals surface area contributed by atoms with Gasteiger partial charge in [-0.25, -0.2) is 9.78 Å². The number of aliphatic hydroxyl groups is 1. The second kappa shape index (κ2) is 7.40. The van der Waals surface area contributed by atoms with Crippen LogP contribution in [0.25, 0.3) is 0 Å². The minimum Gasteiger partial charge on any atom is -0.393 e. The summed E-state index contributed by atoms with van der Waals surface area (Å²) in [5, 5.41) is 16.9. The van der Waals surface area contributed by atoms with Gasteiger partial charge in [0.1, 0.15) is 12.7 Å². The van der Waals surface area contributed by atoms with E-state index in [2.05, 4.69) is 15.4 Å². The molecule has 0 radical (unpaired) electrons. The van der Waals surface area contributed by atoms with Crippen molar-refractivity contribution < 1.29 is 9.90 Å². The van der Waals surface area contributed by atoms with Crippen LogP contribution in [0.3, 0.4) is 0 Å². The Morgan fingerprint density at radius 3 is 2.95 bits per heavy atom. The molecule has 118 valence electrons. The number of nitrogens with zero attached hydrogens (tertiary/aromatic N) is 4. The van der Waals surface area contributed by atoms with Crippen molar-refractivity contribution in [2.45, 2.75) is 51.3 Å². The van der Waals surface area contributed by atoms with Gasteiger partial charge in [-0.15, -0.1) is 0 Å². The Bertz CT molecular complexity index is 437. The molecule has 1 aromatic heterocycles. The third kappa shape index (κ3) is 4.70. The van der Waals surface area contributed by atoms with Gasteiger partial charge in [-0.1, -0.05) is 12.8 Å². The van der Waals surface area contributed by atoms with E-state index >= 15 is 0 Å². The molecule has 0 bridgehead atoms. The fourth-order valence-corrected chi connectivity index (χ4v) is 2.81. The fraction of sp³-hybridized carbons (Fsp3) is 0.786. The van der Waals surface area contributed by atoms with E-state index in [1.165, 1.54) is 6.33 Å². The van der Waals surface area contributed by atoms with Crippen molar-refractivity contribution in [2.24, 2.45) is 5.92 Å². The highest BCUT2D eigenvalue weighted by Gasteiger charge is 2.25. The first-order chi connectivity index (χ1) is 10.1. The van der Waals surface area contributed by atoms with Crippen molar-refractivity contribution in [3.8, 4) is 0 Å². The molecule has 1 aromatic rings. The van der Waals surface area contributed by atoms with Gasteiger partial charge in [0.15, 0.2) is 0 Å². The van der Waals surface area contributed by atoms with E-state index in [0.717, 1.165) is 25.7 Å². The molecule has 0 aliphatic heterocycles. The maximum atomic E-state index is 12.2. The Hall–Kier alpha value is -1.63. The van der Waals surface area contributed by atoms with E-state index in [4.69, 9.17) is 0 Å². The smallest absolute Gasteiger partial charge is 0.317 e. The van der Waals surface area contributed by atoms with Gasteiger partial charge in [-0.05, 0) is 19.8 Å². The minimum absolute atomic E-state index is 0.0297. The van der Waals surface area contributed by atoms with E-state index in [1.54, 1.807) is 23.0 Å². The highest BCUT2D eigenvalue weighted by Crippen LogP contribution is 2.24. The third-order valence-corrected chi connectivity index (χ3v) is 4.02. The van der Waals surface area contributed by atoms with Crippen molar-refractivity contribution in [3.63, 3.8) is 0 Å². The average Bonchev–Trinajstić information content (AvgIpc) is 2.93. The number of rotatable bonds is 5. The zero-order valence-electron chi connectivity index (χ0n) is 12.8. The number of nitrogens with one attached hydrogen (secondary N) is 1. The number of aromatic nitrogens is 3. The summed E-state index contributed by atoms with van der Waals surface area (Å²) in [5.41, 5.74) is 0. The van der Waals surface area contributed by atoms with Crippen molar-refractivity contribution in [1.29, 1.82) is 0 Å². The van der Waals surface area contributed by atoms with Crippen LogP contribution < -0.4 is 5.32 Å². The number of aliphatic hydroxyl groups excluding tert-OH is 1. The molecule has 0 unspecified atom stereocenters. The third-order valence-electron chi connectivity index (χ3n) is 4.02. The molecule has 2 N–H and O–H groups in total. The minimum atomic E-state index is -0.276. The maximum absolute atomic E-state index is 12.2. The first-order valence-corrected chi connectivity index (χ1v) is 7.58. The maximum Gasteiger partial charge on any atom is 0.317 e. The van der Waals surface area contributed by atoms with Crippen LogP contribution in [0, 0.1) is 5.92 Å². The predicted molar refractivity (Wildman–Crippen MR) is 78.6 cm³/mol. The van der Waals surface area contributed by atoms with Gasteiger partial charge in [0.05, 0.1) is 12.6 Å². The molecule has 7 heteroatoms. The molecule has 2 rings (SSSR count). The van der Waals surface area contributed by atoms with Crippen LogP contribution in [0.5, 0.6) is 0 Å². The molecule has 2 amide bonds. The van der Waals surface area contributed by atoms with E-state index in [9.17, 15) is 9.90 Å². The molecule has 21 heavy (non-hydrogen) atoms. The zero-order valence-corrected chi connectivity index (χ0v) is 12.8. The molecule has 7 nitrogen and oxygen atoms in total. The summed E-state index contributed by atoms with van der Waals surface area (Å²) < 4.78 is 1.69. The van der Waals surface area contributed by atoms with Gasteiger partial charge in [0.2, 0.25) is 0 Å². The van der Waals surface area contributed by atoms with Crippen molar-refractivity contribution >= 4 is 6.03 Å². The first-order valence-electron chi connectivity index (χ1n) is 7.58. The van der Waals surface area contributed by atoms with E-state index in [0.29, 0.717) is 13.1 Å². The summed E-state index contributed by atoms with van der Waals surface area (Å²) >= 11 is 0. The second-order valence-corrected chi connectivity index (χ2v) is 5.96. The zero-order chi connectivity index (χ0) is 15.2. The molecule has 0 spiro atoms.